The molecule has 4 aromatic carbocycles. The quantitative estimate of drug-likeness (QED) is 0.0180. The van der Waals surface area contributed by atoms with Gasteiger partial charge in [-0.3, -0.25) is 24.8 Å². The highest BCUT2D eigenvalue weighted by Crippen LogP contribution is 2.51. The zero-order valence-corrected chi connectivity index (χ0v) is 40.6. The summed E-state index contributed by atoms with van der Waals surface area (Å²) in [5.41, 5.74) is 1.44. The number of rotatable bonds is 16. The number of oxime groups is 1. The van der Waals surface area contributed by atoms with Gasteiger partial charge in [0.25, 0.3) is 5.91 Å². The molecule has 3 fully saturated rings. The maximum atomic E-state index is 14.8. The number of ether oxygens (including phenoxy) is 3. The van der Waals surface area contributed by atoms with Crippen molar-refractivity contribution in [2.45, 2.75) is 74.8 Å². The van der Waals surface area contributed by atoms with Gasteiger partial charge in [0.1, 0.15) is 22.7 Å². The Hall–Kier alpha value is -7.29. The topological polar surface area (TPSA) is 224 Å². The Kier molecular flexibility index (Phi) is 14.6. The third-order valence-corrected chi connectivity index (χ3v) is 13.9. The maximum Gasteiger partial charge on any atom is 0.413 e. The number of hydrogen-bond donors (Lipinski definition) is 3. The summed E-state index contributed by atoms with van der Waals surface area (Å²) in [5.74, 6) is 2.46. The molecular weight excluding hydrogens is 937 g/mol. The van der Waals surface area contributed by atoms with E-state index in [1.165, 1.54) is 15.2 Å². The van der Waals surface area contributed by atoms with E-state index in [4.69, 9.17) is 24.9 Å². The molecule has 0 unspecified atom stereocenters. The van der Waals surface area contributed by atoms with Gasteiger partial charge < -0.3 is 29.3 Å². The van der Waals surface area contributed by atoms with E-state index in [2.05, 4.69) is 20.8 Å². The van der Waals surface area contributed by atoms with E-state index < -0.39 is 87.7 Å². The van der Waals surface area contributed by atoms with Gasteiger partial charge in [0, 0.05) is 17.8 Å². The van der Waals surface area contributed by atoms with Crippen LogP contribution in [0.2, 0.25) is 0 Å². The SMILES string of the molecule is CC(C)[C@H](O/N=C(\C(=O)N[C@@H]1C(=O)N2C[C@@](C(=O)OC(c3ccccc3)c3ccccc3)(N3CCN(N)C3=O)S[C@H]12)c1csc(NC(=O)OC(C)(C)C)n1)C(=O)OC(c1ccccc1)c1ccccc1. The summed E-state index contributed by atoms with van der Waals surface area (Å²) in [6.07, 6.45) is -3.82. The molecule has 0 spiro atoms. The molecule has 364 valence electrons. The second kappa shape index (κ2) is 20.7. The van der Waals surface area contributed by atoms with Crippen molar-refractivity contribution in [1.29, 1.82) is 0 Å². The van der Waals surface area contributed by atoms with E-state index in [9.17, 15) is 28.8 Å². The number of urea groups is 1. The zero-order valence-electron chi connectivity index (χ0n) is 38.9. The fourth-order valence-electron chi connectivity index (χ4n) is 8.03. The second-order valence-corrected chi connectivity index (χ2v) is 20.2. The number of carbonyl (C=O) groups is 6. The van der Waals surface area contributed by atoms with Crippen LogP contribution in [-0.4, -0.2) is 109 Å². The summed E-state index contributed by atoms with van der Waals surface area (Å²) in [4.78, 5) is 95.2. The predicted octanol–water partition coefficient (Wildman–Crippen LogP) is 6.61. The summed E-state index contributed by atoms with van der Waals surface area (Å²) in [7, 11) is 0. The number of nitrogens with two attached hydrogens (primary N) is 1. The molecule has 1 aromatic heterocycles. The number of thioether (sulfide) groups is 1. The smallest absolute Gasteiger partial charge is 0.413 e. The third kappa shape index (κ3) is 10.6. The highest BCUT2D eigenvalue weighted by molar-refractivity contribution is 8.02. The summed E-state index contributed by atoms with van der Waals surface area (Å²) in [6, 6.07) is 34.7. The average molecular weight is 989 g/mol. The number of nitrogens with zero attached hydrogens (tertiary/aromatic N) is 5. The Bertz CT molecular complexity index is 2660. The number of hydrogen-bond acceptors (Lipinski definition) is 15. The van der Waals surface area contributed by atoms with Crippen LogP contribution in [0.3, 0.4) is 0 Å². The van der Waals surface area contributed by atoms with E-state index in [0.29, 0.717) is 22.3 Å². The number of aromatic nitrogens is 1. The van der Waals surface area contributed by atoms with Gasteiger partial charge in [0.05, 0.1) is 13.1 Å². The fourth-order valence-corrected chi connectivity index (χ4v) is 10.4. The van der Waals surface area contributed by atoms with Crippen molar-refractivity contribution < 1.29 is 47.8 Å². The number of nitrogens with one attached hydrogen (secondary N) is 2. The minimum Gasteiger partial charge on any atom is -0.450 e. The van der Waals surface area contributed by atoms with Crippen LogP contribution < -0.4 is 16.5 Å². The molecule has 8 rings (SSSR count). The van der Waals surface area contributed by atoms with Crippen LogP contribution in [0.5, 0.6) is 0 Å². The summed E-state index contributed by atoms with van der Waals surface area (Å²) in [6.45, 7) is 8.44. The van der Waals surface area contributed by atoms with Crippen LogP contribution in [0.4, 0.5) is 14.7 Å². The van der Waals surface area contributed by atoms with Crippen molar-refractivity contribution in [3.05, 3.63) is 155 Å². The number of β-lactam (4-membered cyclic amide) rings is 1. The number of hydrazine groups is 1. The molecule has 5 amide bonds. The first-order chi connectivity index (χ1) is 33.5. The molecular formula is C50H52N8O10S2. The van der Waals surface area contributed by atoms with E-state index in [1.54, 1.807) is 34.6 Å². The first kappa shape index (κ1) is 49.1. The van der Waals surface area contributed by atoms with Gasteiger partial charge in [-0.2, -0.15) is 0 Å². The monoisotopic (exact) mass is 988 g/mol. The van der Waals surface area contributed by atoms with Crippen LogP contribution in [-0.2, 0) is 38.2 Å². The van der Waals surface area contributed by atoms with Crippen LogP contribution >= 0.6 is 23.1 Å². The van der Waals surface area contributed by atoms with Gasteiger partial charge in [0.15, 0.2) is 23.1 Å². The average Bonchev–Trinajstić information content (AvgIpc) is 4.06. The maximum absolute atomic E-state index is 14.8. The van der Waals surface area contributed by atoms with Gasteiger partial charge in [-0.15, -0.1) is 11.3 Å². The van der Waals surface area contributed by atoms with Gasteiger partial charge >= 0.3 is 24.1 Å². The Balaban J connectivity index is 1.07. The third-order valence-electron chi connectivity index (χ3n) is 11.5. The van der Waals surface area contributed by atoms with Gasteiger partial charge in [-0.05, 0) is 43.0 Å². The van der Waals surface area contributed by atoms with E-state index in [0.717, 1.165) is 28.1 Å². The molecule has 0 saturated carbocycles. The molecule has 4 atom stereocenters. The molecule has 5 aromatic rings. The first-order valence-corrected chi connectivity index (χ1v) is 24.2. The van der Waals surface area contributed by atoms with Gasteiger partial charge in [0.2, 0.25) is 16.9 Å². The largest absolute Gasteiger partial charge is 0.450 e. The van der Waals surface area contributed by atoms with Crippen LogP contribution in [0.25, 0.3) is 0 Å². The number of benzene rings is 4. The number of thiazole rings is 1. The van der Waals surface area contributed by atoms with Gasteiger partial charge in [-0.25, -0.2) is 30.0 Å². The molecule has 4 heterocycles. The lowest BCUT2D eigenvalue weighted by molar-refractivity contribution is -0.164. The lowest BCUT2D eigenvalue weighted by atomic mass is 10.0. The molecule has 3 aliphatic heterocycles. The van der Waals surface area contributed by atoms with Crippen molar-refractivity contribution in [2.75, 3.05) is 25.0 Å². The summed E-state index contributed by atoms with van der Waals surface area (Å²) in [5, 5.41) is 11.1. The minimum atomic E-state index is -1.77. The standard InChI is InChI=1S/C50H52N8O10S2/c1-30(2)38(44(61)65-39(31-18-10-6-11-19-31)32-20-12-7-13-21-32)68-55-36(35-28-69-46(52-35)54-47(63)67-49(3,4)5)41(59)53-37-42(60)56-29-50(70-43(37)56,57-26-27-58(51)48(57)64)45(62)66-40(33-22-14-8-15-23-33)34-24-16-9-17-25-34/h6-25,28,30,37-40,43H,26-27,29,51H2,1-5H3,(H,53,59)(H,52,54,63)/b55-36-/t37-,38+,43-,50-/m1/s1. The molecule has 0 radical (unpaired) electrons. The molecule has 18 nitrogen and oxygen atoms in total. The Morgan fingerprint density at radius 1 is 0.800 bits per heavy atom. The lowest BCUT2D eigenvalue weighted by Crippen LogP contribution is -2.68. The molecule has 70 heavy (non-hydrogen) atoms. The first-order valence-electron chi connectivity index (χ1n) is 22.5. The van der Waals surface area contributed by atoms with E-state index >= 15 is 0 Å². The van der Waals surface area contributed by atoms with Crippen molar-refractivity contribution in [3.63, 3.8) is 0 Å². The summed E-state index contributed by atoms with van der Waals surface area (Å²) < 4.78 is 17.8. The molecule has 4 N–H and O–H groups in total. The minimum absolute atomic E-state index is 0.0483. The molecule has 20 heteroatoms. The number of fused-ring (bicyclic) bond motifs is 1. The van der Waals surface area contributed by atoms with Crippen molar-refractivity contribution >= 4 is 69.8 Å². The molecule has 3 saturated heterocycles. The second-order valence-electron chi connectivity index (χ2n) is 18.0. The Morgan fingerprint density at radius 2 is 1.33 bits per heavy atom. The van der Waals surface area contributed by atoms with E-state index in [1.807, 2.05) is 121 Å². The molecule has 0 bridgehead atoms. The number of esters is 2. The zero-order chi connectivity index (χ0) is 49.7. The summed E-state index contributed by atoms with van der Waals surface area (Å²) >= 11 is 1.95. The number of carbonyl (C=O) groups excluding carboxylic acids is 6. The normalized spacial score (nSPS) is 19.4. The van der Waals surface area contributed by atoms with Crippen LogP contribution in [0.15, 0.2) is 132 Å². The predicted molar refractivity (Wildman–Crippen MR) is 261 cm³/mol. The molecule has 3 aliphatic rings. The number of amides is 5. The highest BCUT2D eigenvalue weighted by Gasteiger charge is 2.67. The number of anilines is 1. The Morgan fingerprint density at radius 3 is 1.81 bits per heavy atom. The van der Waals surface area contributed by atoms with Crippen LogP contribution in [0, 0.1) is 5.92 Å². The van der Waals surface area contributed by atoms with Crippen LogP contribution in [0.1, 0.15) is 74.8 Å². The van der Waals surface area contributed by atoms with Gasteiger partial charge in [-0.1, -0.05) is 152 Å². The Labute approximate surface area is 412 Å². The fraction of sp³-hybridized carbons (Fsp3) is 0.320. The lowest BCUT2D eigenvalue weighted by Gasteiger charge is -2.41. The molecule has 0 aliphatic carbocycles. The van der Waals surface area contributed by atoms with Crippen molar-refractivity contribution in [2.24, 2.45) is 16.9 Å². The van der Waals surface area contributed by atoms with Crippen molar-refractivity contribution in [1.82, 2.24) is 25.1 Å². The van der Waals surface area contributed by atoms with Crippen molar-refractivity contribution in [3.8, 4) is 0 Å². The highest BCUT2D eigenvalue weighted by atomic mass is 32.2. The van der Waals surface area contributed by atoms with E-state index in [-0.39, 0.29) is 30.5 Å².